The number of amides is 1. The Morgan fingerprint density at radius 1 is 0.885 bits per heavy atom. The number of anilines is 3. The number of nitrogens with zero attached hydrogens (tertiary/aromatic N) is 2. The molecule has 0 radical (unpaired) electrons. The Bertz CT molecular complexity index is 966. The van der Waals surface area contributed by atoms with Crippen molar-refractivity contribution in [2.24, 2.45) is 0 Å². The molecule has 0 bridgehead atoms. The van der Waals surface area contributed by atoms with E-state index in [-0.39, 0.29) is 5.91 Å². The lowest BCUT2D eigenvalue weighted by atomic mass is 10.1. The summed E-state index contributed by atoms with van der Waals surface area (Å²) in [6.45, 7) is 7.88. The SMILES string of the molecule is Cc1cccc(NC(=O)c2cc(C)nc(Nc3cc(C)ccc3C)n2)c1. The quantitative estimate of drug-likeness (QED) is 0.718. The zero-order valence-corrected chi connectivity index (χ0v) is 15.4. The molecule has 5 heteroatoms. The summed E-state index contributed by atoms with van der Waals surface area (Å²) in [5.74, 6) is 0.151. The molecule has 0 unspecified atom stereocenters. The largest absolute Gasteiger partial charge is 0.324 e. The number of rotatable bonds is 4. The van der Waals surface area contributed by atoms with Gasteiger partial charge >= 0.3 is 0 Å². The van der Waals surface area contributed by atoms with Gasteiger partial charge in [0.15, 0.2) is 0 Å². The van der Waals surface area contributed by atoms with Gasteiger partial charge in [0, 0.05) is 17.1 Å². The van der Waals surface area contributed by atoms with Crippen LogP contribution in [0.4, 0.5) is 17.3 Å². The number of hydrogen-bond donors (Lipinski definition) is 2. The van der Waals surface area contributed by atoms with Gasteiger partial charge in [0.1, 0.15) is 5.69 Å². The number of aromatic nitrogens is 2. The van der Waals surface area contributed by atoms with E-state index in [2.05, 4.69) is 26.7 Å². The zero-order chi connectivity index (χ0) is 18.7. The first kappa shape index (κ1) is 17.6. The lowest BCUT2D eigenvalue weighted by Crippen LogP contribution is -2.15. The average molecular weight is 346 g/mol. The van der Waals surface area contributed by atoms with Gasteiger partial charge in [-0.2, -0.15) is 0 Å². The summed E-state index contributed by atoms with van der Waals surface area (Å²) in [5, 5.41) is 6.10. The summed E-state index contributed by atoms with van der Waals surface area (Å²) in [5.41, 5.74) is 6.04. The highest BCUT2D eigenvalue weighted by Crippen LogP contribution is 2.20. The van der Waals surface area contributed by atoms with E-state index in [4.69, 9.17) is 0 Å². The summed E-state index contributed by atoms with van der Waals surface area (Å²) < 4.78 is 0. The number of carbonyl (C=O) groups excluding carboxylic acids is 1. The molecule has 0 atom stereocenters. The number of carbonyl (C=O) groups is 1. The Balaban J connectivity index is 1.85. The molecule has 2 N–H and O–H groups in total. The Hall–Kier alpha value is -3.21. The third kappa shape index (κ3) is 4.25. The maximum absolute atomic E-state index is 12.6. The average Bonchev–Trinajstić information content (AvgIpc) is 2.57. The molecule has 26 heavy (non-hydrogen) atoms. The van der Waals surface area contributed by atoms with Crippen LogP contribution >= 0.6 is 0 Å². The molecule has 1 amide bonds. The van der Waals surface area contributed by atoms with Crippen LogP contribution in [0, 0.1) is 27.7 Å². The van der Waals surface area contributed by atoms with Crippen LogP contribution in [0.2, 0.25) is 0 Å². The van der Waals surface area contributed by atoms with E-state index < -0.39 is 0 Å². The number of aryl methyl sites for hydroxylation is 4. The predicted molar refractivity (Wildman–Crippen MR) is 105 cm³/mol. The van der Waals surface area contributed by atoms with Crippen LogP contribution in [0.1, 0.15) is 32.9 Å². The van der Waals surface area contributed by atoms with E-state index >= 15 is 0 Å². The van der Waals surface area contributed by atoms with Crippen LogP contribution in [0.3, 0.4) is 0 Å². The van der Waals surface area contributed by atoms with Gasteiger partial charge < -0.3 is 10.6 Å². The van der Waals surface area contributed by atoms with Crippen molar-refractivity contribution in [2.45, 2.75) is 27.7 Å². The lowest BCUT2D eigenvalue weighted by Gasteiger charge is -2.11. The fraction of sp³-hybridized carbons (Fsp3) is 0.190. The summed E-state index contributed by atoms with van der Waals surface area (Å²) in [6, 6.07) is 15.5. The van der Waals surface area contributed by atoms with Crippen molar-refractivity contribution in [3.63, 3.8) is 0 Å². The Morgan fingerprint density at radius 2 is 1.65 bits per heavy atom. The molecular formula is C21H22N4O. The fourth-order valence-corrected chi connectivity index (χ4v) is 2.65. The molecule has 1 aromatic heterocycles. The van der Waals surface area contributed by atoms with Crippen molar-refractivity contribution in [3.05, 3.63) is 76.6 Å². The Kier molecular flexibility index (Phi) is 4.98. The molecule has 0 fully saturated rings. The minimum absolute atomic E-state index is 0.259. The maximum atomic E-state index is 12.6. The molecule has 3 aromatic rings. The third-order valence-corrected chi connectivity index (χ3v) is 4.00. The van der Waals surface area contributed by atoms with Crippen LogP contribution < -0.4 is 10.6 Å². The van der Waals surface area contributed by atoms with Crippen molar-refractivity contribution >= 4 is 23.2 Å². The molecule has 0 saturated heterocycles. The molecule has 3 rings (SSSR count). The summed E-state index contributed by atoms with van der Waals surface area (Å²) >= 11 is 0. The second kappa shape index (κ2) is 7.35. The zero-order valence-electron chi connectivity index (χ0n) is 15.4. The van der Waals surface area contributed by atoms with Crippen LogP contribution in [0.5, 0.6) is 0 Å². The van der Waals surface area contributed by atoms with Gasteiger partial charge in [0.05, 0.1) is 0 Å². The molecule has 1 heterocycles. The van der Waals surface area contributed by atoms with E-state index in [1.807, 2.05) is 64.1 Å². The van der Waals surface area contributed by atoms with Crippen LogP contribution in [0.15, 0.2) is 48.5 Å². The number of nitrogens with one attached hydrogen (secondary N) is 2. The minimum Gasteiger partial charge on any atom is -0.324 e. The van der Waals surface area contributed by atoms with Crippen LogP contribution in [-0.2, 0) is 0 Å². The third-order valence-electron chi connectivity index (χ3n) is 4.00. The molecule has 2 aromatic carbocycles. The molecule has 5 nitrogen and oxygen atoms in total. The van der Waals surface area contributed by atoms with E-state index in [1.54, 1.807) is 6.07 Å². The minimum atomic E-state index is -0.259. The summed E-state index contributed by atoms with van der Waals surface area (Å²) in [6.07, 6.45) is 0. The molecule has 132 valence electrons. The molecule has 0 saturated carbocycles. The smallest absolute Gasteiger partial charge is 0.274 e. The second-order valence-electron chi connectivity index (χ2n) is 6.49. The van der Waals surface area contributed by atoms with Crippen molar-refractivity contribution in [1.29, 1.82) is 0 Å². The van der Waals surface area contributed by atoms with E-state index in [1.165, 1.54) is 0 Å². The summed E-state index contributed by atoms with van der Waals surface area (Å²) in [7, 11) is 0. The first-order valence-electron chi connectivity index (χ1n) is 8.49. The normalized spacial score (nSPS) is 10.5. The van der Waals surface area contributed by atoms with Crippen molar-refractivity contribution < 1.29 is 4.79 Å². The highest BCUT2D eigenvalue weighted by atomic mass is 16.1. The number of hydrogen-bond acceptors (Lipinski definition) is 4. The molecule has 0 aliphatic rings. The monoisotopic (exact) mass is 346 g/mol. The van der Waals surface area contributed by atoms with Gasteiger partial charge in [0.2, 0.25) is 5.95 Å². The first-order valence-corrected chi connectivity index (χ1v) is 8.49. The van der Waals surface area contributed by atoms with Crippen LogP contribution in [0.25, 0.3) is 0 Å². The highest BCUT2D eigenvalue weighted by molar-refractivity contribution is 6.03. The van der Waals surface area contributed by atoms with E-state index in [9.17, 15) is 4.79 Å². The second-order valence-corrected chi connectivity index (χ2v) is 6.49. The van der Waals surface area contributed by atoms with E-state index in [0.717, 1.165) is 33.8 Å². The van der Waals surface area contributed by atoms with Gasteiger partial charge in [-0.25, -0.2) is 9.97 Å². The van der Waals surface area contributed by atoms with Crippen molar-refractivity contribution in [3.8, 4) is 0 Å². The van der Waals surface area contributed by atoms with Crippen molar-refractivity contribution in [1.82, 2.24) is 9.97 Å². The maximum Gasteiger partial charge on any atom is 0.274 e. The van der Waals surface area contributed by atoms with Crippen LogP contribution in [-0.4, -0.2) is 15.9 Å². The first-order chi connectivity index (χ1) is 12.4. The molecule has 0 spiro atoms. The standard InChI is InChI=1S/C21H22N4O/c1-13-6-5-7-17(10-13)23-20(26)19-12-16(4)22-21(25-19)24-18-11-14(2)8-9-15(18)3/h5-12H,1-4H3,(H,23,26)(H,22,24,25). The van der Waals surface area contributed by atoms with Crippen molar-refractivity contribution in [2.75, 3.05) is 10.6 Å². The van der Waals surface area contributed by atoms with Gasteiger partial charge in [0.25, 0.3) is 5.91 Å². The highest BCUT2D eigenvalue weighted by Gasteiger charge is 2.12. The van der Waals surface area contributed by atoms with Gasteiger partial charge in [-0.05, 0) is 68.7 Å². The predicted octanol–water partition coefficient (Wildman–Crippen LogP) is 4.71. The van der Waals surface area contributed by atoms with E-state index in [0.29, 0.717) is 11.6 Å². The fourth-order valence-electron chi connectivity index (χ4n) is 2.65. The topological polar surface area (TPSA) is 66.9 Å². The molecule has 0 aliphatic carbocycles. The Morgan fingerprint density at radius 3 is 2.42 bits per heavy atom. The number of benzene rings is 2. The summed E-state index contributed by atoms with van der Waals surface area (Å²) in [4.78, 5) is 21.4. The molecule has 0 aliphatic heterocycles. The Labute approximate surface area is 153 Å². The van der Waals surface area contributed by atoms with Gasteiger partial charge in [-0.1, -0.05) is 24.3 Å². The molecular weight excluding hydrogens is 324 g/mol. The lowest BCUT2D eigenvalue weighted by molar-refractivity contribution is 0.102. The van der Waals surface area contributed by atoms with Gasteiger partial charge in [-0.3, -0.25) is 4.79 Å². The van der Waals surface area contributed by atoms with Gasteiger partial charge in [-0.15, -0.1) is 0 Å².